The monoisotopic (exact) mass is 492 g/mol. The lowest BCUT2D eigenvalue weighted by molar-refractivity contribution is -0.113. The fourth-order valence-electron chi connectivity index (χ4n) is 3.18. The van der Waals surface area contributed by atoms with Crippen LogP contribution >= 0.6 is 27.7 Å². The molecule has 0 atom stereocenters. The molecule has 0 radical (unpaired) electrons. The van der Waals surface area contributed by atoms with Crippen molar-refractivity contribution in [3.63, 3.8) is 0 Å². The van der Waals surface area contributed by atoms with Crippen molar-refractivity contribution >= 4 is 39.3 Å². The van der Waals surface area contributed by atoms with E-state index >= 15 is 0 Å². The maximum absolute atomic E-state index is 12.6. The van der Waals surface area contributed by atoms with Gasteiger partial charge in [-0.05, 0) is 55.3 Å². The van der Waals surface area contributed by atoms with Gasteiger partial charge >= 0.3 is 0 Å². The average Bonchev–Trinajstić information content (AvgIpc) is 3.18. The van der Waals surface area contributed by atoms with E-state index in [4.69, 9.17) is 0 Å². The van der Waals surface area contributed by atoms with Crippen LogP contribution in [0.15, 0.2) is 82.4 Å². The van der Waals surface area contributed by atoms with Crippen LogP contribution in [0.5, 0.6) is 0 Å². The summed E-state index contributed by atoms with van der Waals surface area (Å²) in [4.78, 5) is 12.6. The van der Waals surface area contributed by atoms with Crippen LogP contribution in [-0.2, 0) is 4.79 Å². The molecule has 0 aliphatic rings. The first kappa shape index (κ1) is 21.3. The predicted octanol–water partition coefficient (Wildman–Crippen LogP) is 6.04. The Bertz CT molecular complexity index is 1220. The third kappa shape index (κ3) is 5.06. The maximum Gasteiger partial charge on any atom is 0.234 e. The van der Waals surface area contributed by atoms with Gasteiger partial charge in [0.2, 0.25) is 5.91 Å². The molecule has 3 aromatic carbocycles. The van der Waals surface area contributed by atoms with Crippen molar-refractivity contribution < 1.29 is 4.79 Å². The van der Waals surface area contributed by atoms with Crippen LogP contribution in [0.4, 0.5) is 5.69 Å². The van der Waals surface area contributed by atoms with Crippen LogP contribution in [0.25, 0.3) is 17.1 Å². The zero-order valence-corrected chi connectivity index (χ0v) is 19.6. The molecule has 0 unspecified atom stereocenters. The highest BCUT2D eigenvalue weighted by atomic mass is 79.9. The summed E-state index contributed by atoms with van der Waals surface area (Å²) in [5.74, 6) is 0.890. The number of carbonyl (C=O) groups excluding carboxylic acids is 1. The number of hydrogen-bond acceptors (Lipinski definition) is 4. The Morgan fingerprint density at radius 3 is 2.52 bits per heavy atom. The van der Waals surface area contributed by atoms with Crippen molar-refractivity contribution in [2.75, 3.05) is 11.1 Å². The van der Waals surface area contributed by atoms with E-state index in [0.29, 0.717) is 5.16 Å². The van der Waals surface area contributed by atoms with Gasteiger partial charge in [0.1, 0.15) is 0 Å². The molecule has 1 N–H and O–H groups in total. The van der Waals surface area contributed by atoms with Gasteiger partial charge in [-0.3, -0.25) is 9.36 Å². The van der Waals surface area contributed by atoms with Crippen molar-refractivity contribution in [2.24, 2.45) is 0 Å². The third-order valence-electron chi connectivity index (χ3n) is 4.75. The van der Waals surface area contributed by atoms with Crippen molar-refractivity contribution in [3.05, 3.63) is 88.4 Å². The van der Waals surface area contributed by atoms with Crippen molar-refractivity contribution in [1.82, 2.24) is 14.8 Å². The summed E-state index contributed by atoms with van der Waals surface area (Å²) in [6.45, 7) is 4.03. The third-order valence-corrected chi connectivity index (χ3v) is 6.20. The first-order chi connectivity index (χ1) is 15.0. The number of aromatic nitrogens is 3. The van der Waals surface area contributed by atoms with Gasteiger partial charge in [-0.25, -0.2) is 0 Å². The molecule has 0 saturated carbocycles. The normalized spacial score (nSPS) is 10.8. The number of aryl methyl sites for hydroxylation is 2. The summed E-state index contributed by atoms with van der Waals surface area (Å²) < 4.78 is 3.00. The zero-order valence-electron chi connectivity index (χ0n) is 17.2. The Hall–Kier alpha value is -2.90. The van der Waals surface area contributed by atoms with E-state index in [-0.39, 0.29) is 11.7 Å². The summed E-state index contributed by atoms with van der Waals surface area (Å²) in [6.07, 6.45) is 0. The van der Waals surface area contributed by atoms with Gasteiger partial charge in [0.05, 0.1) is 5.75 Å². The topological polar surface area (TPSA) is 59.8 Å². The minimum absolute atomic E-state index is 0.0803. The quantitative estimate of drug-likeness (QED) is 0.333. The molecule has 5 nitrogen and oxygen atoms in total. The Morgan fingerprint density at radius 2 is 1.77 bits per heavy atom. The number of halogens is 1. The highest BCUT2D eigenvalue weighted by Crippen LogP contribution is 2.29. The summed E-state index contributed by atoms with van der Waals surface area (Å²) in [6, 6.07) is 23.9. The van der Waals surface area contributed by atoms with Gasteiger partial charge in [0.25, 0.3) is 0 Å². The van der Waals surface area contributed by atoms with Gasteiger partial charge in [-0.15, -0.1) is 10.2 Å². The largest absolute Gasteiger partial charge is 0.325 e. The lowest BCUT2D eigenvalue weighted by Crippen LogP contribution is -2.15. The van der Waals surface area contributed by atoms with Gasteiger partial charge < -0.3 is 5.32 Å². The molecule has 0 aliphatic carbocycles. The number of para-hydroxylation sites is 1. The number of anilines is 1. The van der Waals surface area contributed by atoms with Crippen molar-refractivity contribution in [1.29, 1.82) is 0 Å². The lowest BCUT2D eigenvalue weighted by Gasteiger charge is -2.12. The predicted molar refractivity (Wildman–Crippen MR) is 130 cm³/mol. The molecule has 7 heteroatoms. The Balaban J connectivity index is 1.62. The van der Waals surface area contributed by atoms with E-state index in [0.717, 1.165) is 38.4 Å². The van der Waals surface area contributed by atoms with E-state index in [2.05, 4.69) is 50.5 Å². The summed E-state index contributed by atoms with van der Waals surface area (Å²) in [5.41, 5.74) is 4.91. The summed E-state index contributed by atoms with van der Waals surface area (Å²) >= 11 is 4.85. The maximum atomic E-state index is 12.6. The van der Waals surface area contributed by atoms with Crippen LogP contribution < -0.4 is 5.32 Å². The standard InChI is InChI=1S/C24H21BrN4OS/c1-16-6-5-8-20(14-16)29-23(18-10-12-19(25)13-11-18)27-28-24(29)31-15-22(30)26-21-9-4-3-7-17(21)2/h3-14H,15H2,1-2H3,(H,26,30). The molecule has 4 rings (SSSR count). The molecule has 156 valence electrons. The SMILES string of the molecule is Cc1cccc(-n2c(SCC(=O)Nc3ccccc3C)nnc2-c2ccc(Br)cc2)c1. The van der Waals surface area contributed by atoms with E-state index in [1.807, 2.05) is 72.2 Å². The zero-order chi connectivity index (χ0) is 21.8. The molecular formula is C24H21BrN4OS. The number of carbonyl (C=O) groups is 1. The van der Waals surface area contributed by atoms with Crippen molar-refractivity contribution in [3.8, 4) is 17.1 Å². The van der Waals surface area contributed by atoms with E-state index in [1.54, 1.807) is 0 Å². The van der Waals surface area contributed by atoms with Gasteiger partial charge in [-0.1, -0.05) is 70.2 Å². The van der Waals surface area contributed by atoms with Crippen LogP contribution in [0.2, 0.25) is 0 Å². The Kier molecular flexibility index (Phi) is 6.53. The number of rotatable bonds is 6. The second-order valence-electron chi connectivity index (χ2n) is 7.14. The first-order valence-corrected chi connectivity index (χ1v) is 11.6. The molecule has 0 bridgehead atoms. The number of nitrogens with zero attached hydrogens (tertiary/aromatic N) is 3. The van der Waals surface area contributed by atoms with Gasteiger partial charge in [-0.2, -0.15) is 0 Å². The highest BCUT2D eigenvalue weighted by Gasteiger charge is 2.17. The number of benzene rings is 3. The fraction of sp³-hybridized carbons (Fsp3) is 0.125. The molecular weight excluding hydrogens is 472 g/mol. The Labute approximate surface area is 194 Å². The average molecular weight is 493 g/mol. The fourth-order valence-corrected chi connectivity index (χ4v) is 4.19. The molecule has 4 aromatic rings. The second-order valence-corrected chi connectivity index (χ2v) is 9.00. The minimum atomic E-state index is -0.0803. The number of hydrogen-bond donors (Lipinski definition) is 1. The lowest BCUT2D eigenvalue weighted by atomic mass is 10.2. The second kappa shape index (κ2) is 9.49. The van der Waals surface area contributed by atoms with E-state index in [9.17, 15) is 4.79 Å². The van der Waals surface area contributed by atoms with Crippen LogP contribution in [0, 0.1) is 13.8 Å². The summed E-state index contributed by atoms with van der Waals surface area (Å²) in [7, 11) is 0. The number of amides is 1. The molecule has 1 amide bonds. The van der Waals surface area contributed by atoms with Gasteiger partial charge in [0, 0.05) is 21.4 Å². The smallest absolute Gasteiger partial charge is 0.234 e. The molecule has 1 heterocycles. The summed E-state index contributed by atoms with van der Waals surface area (Å²) in [5, 5.41) is 12.5. The van der Waals surface area contributed by atoms with Crippen LogP contribution in [0.1, 0.15) is 11.1 Å². The van der Waals surface area contributed by atoms with E-state index in [1.165, 1.54) is 11.8 Å². The minimum Gasteiger partial charge on any atom is -0.325 e. The molecule has 0 spiro atoms. The molecule has 1 aromatic heterocycles. The van der Waals surface area contributed by atoms with Crippen molar-refractivity contribution in [2.45, 2.75) is 19.0 Å². The Morgan fingerprint density at radius 1 is 1.00 bits per heavy atom. The van der Waals surface area contributed by atoms with Crippen LogP contribution in [-0.4, -0.2) is 26.4 Å². The van der Waals surface area contributed by atoms with Crippen LogP contribution in [0.3, 0.4) is 0 Å². The van der Waals surface area contributed by atoms with Gasteiger partial charge in [0.15, 0.2) is 11.0 Å². The molecule has 31 heavy (non-hydrogen) atoms. The molecule has 0 fully saturated rings. The van der Waals surface area contributed by atoms with E-state index < -0.39 is 0 Å². The highest BCUT2D eigenvalue weighted by molar-refractivity contribution is 9.10. The number of thioether (sulfide) groups is 1. The molecule has 0 saturated heterocycles. The molecule has 0 aliphatic heterocycles. The number of nitrogens with one attached hydrogen (secondary N) is 1. The first-order valence-electron chi connectivity index (χ1n) is 9.78.